The molecule has 1 aliphatic rings. The van der Waals surface area contributed by atoms with Crippen molar-refractivity contribution in [2.45, 2.75) is 46.3 Å². The number of aryl methyl sites for hydroxylation is 3. The summed E-state index contributed by atoms with van der Waals surface area (Å²) in [4.78, 5) is 22.5. The molecule has 0 saturated heterocycles. The molecule has 11 heteroatoms. The summed E-state index contributed by atoms with van der Waals surface area (Å²) in [5, 5.41) is 19.9. The lowest BCUT2D eigenvalue weighted by Crippen LogP contribution is -2.28. The first-order valence-electron chi connectivity index (χ1n) is 15.8. The lowest BCUT2D eigenvalue weighted by molar-refractivity contribution is -0.160. The second-order valence-corrected chi connectivity index (χ2v) is 13.2. The fraction of sp³-hybridized carbons (Fsp3) is 0.297. The number of carboxylic acids is 1. The van der Waals surface area contributed by atoms with Crippen LogP contribution in [0.5, 0.6) is 5.75 Å². The molecule has 5 heterocycles. The van der Waals surface area contributed by atoms with E-state index in [9.17, 15) is 9.90 Å². The van der Waals surface area contributed by atoms with Crippen LogP contribution < -0.4 is 10.1 Å². The zero-order valence-corrected chi connectivity index (χ0v) is 28.0. The quantitative estimate of drug-likeness (QED) is 0.193. The van der Waals surface area contributed by atoms with Crippen molar-refractivity contribution in [3.63, 3.8) is 0 Å². The Hall–Kier alpha value is -5.29. The normalized spacial score (nSPS) is 13.8. The molecule has 2 N–H and O–H groups in total. The highest BCUT2D eigenvalue weighted by molar-refractivity contribution is 6.02. The van der Waals surface area contributed by atoms with Crippen LogP contribution in [-0.4, -0.2) is 54.1 Å². The summed E-state index contributed by atoms with van der Waals surface area (Å²) in [5.41, 5.74) is 7.56. The van der Waals surface area contributed by atoms with E-state index in [4.69, 9.17) is 14.5 Å². The summed E-state index contributed by atoms with van der Waals surface area (Å²) in [7, 11) is 3.83. The predicted octanol–water partition coefficient (Wildman–Crippen LogP) is 7.36. The van der Waals surface area contributed by atoms with E-state index in [1.54, 1.807) is 13.1 Å². The van der Waals surface area contributed by atoms with Crippen molar-refractivity contribution in [2.24, 2.45) is 14.1 Å². The van der Waals surface area contributed by atoms with Gasteiger partial charge >= 0.3 is 5.97 Å². The number of pyridine rings is 2. The van der Waals surface area contributed by atoms with Crippen LogP contribution in [0.3, 0.4) is 0 Å². The Labute approximate surface area is 277 Å². The number of hydrogen-bond donors (Lipinski definition) is 2. The van der Waals surface area contributed by atoms with Crippen LogP contribution in [0, 0.1) is 19.7 Å². The third-order valence-electron chi connectivity index (χ3n) is 8.87. The molecule has 0 radical (unpaired) electrons. The van der Waals surface area contributed by atoms with Gasteiger partial charge in [0.1, 0.15) is 12.3 Å². The minimum absolute atomic E-state index is 0.161. The Balaban J connectivity index is 1.48. The fourth-order valence-electron chi connectivity index (χ4n) is 6.67. The number of rotatable bonds is 6. The molecule has 10 nitrogen and oxygen atoms in total. The van der Waals surface area contributed by atoms with Gasteiger partial charge in [0.15, 0.2) is 17.7 Å². The number of fused-ring (bicyclic) bond motifs is 3. The zero-order chi connectivity index (χ0) is 34.1. The maximum atomic E-state index is 15.8. The molecule has 4 aromatic heterocycles. The number of carbonyl (C=O) groups is 1. The number of nitrogens with one attached hydrogen (secondary N) is 1. The first kappa shape index (κ1) is 31.3. The number of ether oxygens (including phenoxy) is 2. The molecule has 1 aliphatic heterocycles. The third-order valence-corrected chi connectivity index (χ3v) is 8.87. The van der Waals surface area contributed by atoms with Gasteiger partial charge in [0, 0.05) is 65.6 Å². The van der Waals surface area contributed by atoms with Crippen molar-refractivity contribution < 1.29 is 23.8 Å². The van der Waals surface area contributed by atoms with Crippen molar-refractivity contribution >= 4 is 33.6 Å². The van der Waals surface area contributed by atoms with Gasteiger partial charge in [-0.2, -0.15) is 5.10 Å². The van der Waals surface area contributed by atoms with Crippen LogP contribution in [0.2, 0.25) is 0 Å². The first-order chi connectivity index (χ1) is 22.8. The van der Waals surface area contributed by atoms with Crippen molar-refractivity contribution in [3.8, 4) is 39.4 Å². The SMILES string of the molecule is Cc1nc2c(cc(-c3ccnc(-c4ccc5c(cnn5C)c4)c3)n2C)c(-c2cc(F)c3c(c2C)NCCO3)c1C(OC(C)(C)C)C(=O)O. The molecule has 0 spiro atoms. The smallest absolute Gasteiger partial charge is 0.337 e. The summed E-state index contributed by atoms with van der Waals surface area (Å²) in [6.07, 6.45) is 2.24. The van der Waals surface area contributed by atoms with Gasteiger partial charge in [-0.3, -0.25) is 9.67 Å². The number of aliphatic carboxylic acids is 1. The average molecular weight is 649 g/mol. The van der Waals surface area contributed by atoms with E-state index < -0.39 is 23.5 Å². The van der Waals surface area contributed by atoms with Gasteiger partial charge in [-0.25, -0.2) is 14.2 Å². The van der Waals surface area contributed by atoms with Gasteiger partial charge in [-0.05, 0) is 82.1 Å². The standard InChI is InChI=1S/C37H37FN6O4/c1-19-24(16-26(38)33-32(19)40-12-13-47-33)31-25-17-29(43(6)35(25)42-20(2)30(31)34(36(45)46)48-37(3,4)5)22-10-11-39-27(15-22)21-8-9-28-23(14-21)18-41-44(28)7/h8-11,14-18,34,40H,12-13H2,1-7H3,(H,45,46). The number of halogens is 1. The summed E-state index contributed by atoms with van der Waals surface area (Å²) < 4.78 is 31.5. The summed E-state index contributed by atoms with van der Waals surface area (Å²) in [6.45, 7) is 9.95. The molecule has 0 fully saturated rings. The van der Waals surface area contributed by atoms with Crippen LogP contribution in [0.1, 0.15) is 43.7 Å². The van der Waals surface area contributed by atoms with Crippen molar-refractivity contribution in [1.29, 1.82) is 0 Å². The minimum Gasteiger partial charge on any atom is -0.486 e. The second-order valence-electron chi connectivity index (χ2n) is 13.2. The molecule has 48 heavy (non-hydrogen) atoms. The van der Waals surface area contributed by atoms with Gasteiger partial charge < -0.3 is 24.5 Å². The molecule has 0 saturated carbocycles. The molecule has 2 aromatic carbocycles. The van der Waals surface area contributed by atoms with Gasteiger partial charge in [0.05, 0.1) is 34.4 Å². The van der Waals surface area contributed by atoms with Gasteiger partial charge in [-0.1, -0.05) is 6.07 Å². The minimum atomic E-state index is -1.36. The van der Waals surface area contributed by atoms with E-state index in [0.29, 0.717) is 52.3 Å². The van der Waals surface area contributed by atoms with Crippen LogP contribution in [0.25, 0.3) is 55.6 Å². The molecule has 0 aliphatic carbocycles. The third kappa shape index (κ3) is 5.24. The molecule has 0 bridgehead atoms. The molecule has 1 unspecified atom stereocenters. The van der Waals surface area contributed by atoms with E-state index in [-0.39, 0.29) is 5.75 Å². The highest BCUT2D eigenvalue weighted by Gasteiger charge is 2.34. The largest absolute Gasteiger partial charge is 0.486 e. The molecule has 6 aromatic rings. The van der Waals surface area contributed by atoms with Gasteiger partial charge in [-0.15, -0.1) is 0 Å². The lowest BCUT2D eigenvalue weighted by atomic mass is 9.88. The highest BCUT2D eigenvalue weighted by atomic mass is 19.1. The van der Waals surface area contributed by atoms with Crippen molar-refractivity contribution in [2.75, 3.05) is 18.5 Å². The van der Waals surface area contributed by atoms with Gasteiger partial charge in [0.25, 0.3) is 0 Å². The zero-order valence-electron chi connectivity index (χ0n) is 28.0. The van der Waals surface area contributed by atoms with Crippen LogP contribution in [0.15, 0.2) is 54.9 Å². The van der Waals surface area contributed by atoms with E-state index in [1.807, 2.05) is 87.6 Å². The molecule has 7 rings (SSSR count). The monoisotopic (exact) mass is 648 g/mol. The molecule has 1 atom stereocenters. The Morgan fingerprint density at radius 3 is 2.65 bits per heavy atom. The molecule has 246 valence electrons. The number of hydrogen-bond acceptors (Lipinski definition) is 7. The summed E-state index contributed by atoms with van der Waals surface area (Å²) >= 11 is 0. The number of anilines is 1. The lowest BCUT2D eigenvalue weighted by Gasteiger charge is -2.29. The molecular weight excluding hydrogens is 611 g/mol. The van der Waals surface area contributed by atoms with E-state index >= 15 is 4.39 Å². The Kier molecular flexibility index (Phi) is 7.47. The average Bonchev–Trinajstić information content (AvgIpc) is 3.59. The highest BCUT2D eigenvalue weighted by Crippen LogP contribution is 2.46. The second kappa shape index (κ2) is 11.4. The number of benzene rings is 2. The topological polar surface area (TPSA) is 116 Å². The first-order valence-corrected chi connectivity index (χ1v) is 15.8. The Morgan fingerprint density at radius 1 is 1.10 bits per heavy atom. The Bertz CT molecular complexity index is 2260. The summed E-state index contributed by atoms with van der Waals surface area (Å²) in [6, 6.07) is 13.5. The van der Waals surface area contributed by atoms with Crippen LogP contribution >= 0.6 is 0 Å². The van der Waals surface area contributed by atoms with Crippen molar-refractivity contribution in [1.82, 2.24) is 24.3 Å². The van der Waals surface area contributed by atoms with Crippen LogP contribution in [-0.2, 0) is 23.6 Å². The molecule has 0 amide bonds. The van der Waals surface area contributed by atoms with Gasteiger partial charge in [0.2, 0.25) is 0 Å². The van der Waals surface area contributed by atoms with Crippen LogP contribution in [0.4, 0.5) is 10.1 Å². The number of nitrogens with zero attached hydrogens (tertiary/aromatic N) is 5. The van der Waals surface area contributed by atoms with E-state index in [0.717, 1.165) is 39.0 Å². The van der Waals surface area contributed by atoms with Crippen molar-refractivity contribution in [3.05, 3.63) is 77.5 Å². The maximum Gasteiger partial charge on any atom is 0.337 e. The Morgan fingerprint density at radius 2 is 1.90 bits per heavy atom. The van der Waals surface area contributed by atoms with E-state index in [2.05, 4.69) is 21.5 Å². The fourth-order valence-corrected chi connectivity index (χ4v) is 6.67. The maximum absolute atomic E-state index is 15.8. The number of aromatic nitrogens is 5. The number of carboxylic acid groups (broad SMARTS) is 1. The molecular formula is C37H37FN6O4. The predicted molar refractivity (Wildman–Crippen MR) is 184 cm³/mol. The summed E-state index contributed by atoms with van der Waals surface area (Å²) in [5.74, 6) is -1.53. The van der Waals surface area contributed by atoms with E-state index in [1.165, 1.54) is 6.07 Å².